The highest BCUT2D eigenvalue weighted by Crippen LogP contribution is 2.26. The fraction of sp³-hybridized carbons (Fsp3) is 0.381. The molecule has 0 aromatic carbocycles. The molecule has 0 saturated heterocycles. The molecule has 3 aromatic rings. The van der Waals surface area contributed by atoms with Crippen molar-refractivity contribution in [2.45, 2.75) is 52.1 Å². The minimum Gasteiger partial charge on any atom is -0.345 e. The maximum atomic E-state index is 13.4. The quantitative estimate of drug-likeness (QED) is 0.447. The second-order valence-electron chi connectivity index (χ2n) is 7.52. The molecule has 0 fully saturated rings. The molecule has 0 radical (unpaired) electrons. The molecule has 0 saturated carbocycles. The standard InChI is InChI=1S/C21H24F2N8O2/c1-14(32)26-19-7-6-16(27-29-19)5-3-4-10-31-13-18(28-30-31)20(33)25-12-17-11-15(8-9-24-17)21(2,22)23/h6-9,11,13H,3-5,10,12H2,1-2H3,(H,25,33)(H,26,29,32). The van der Waals surface area contributed by atoms with E-state index in [0.717, 1.165) is 25.5 Å². The number of halogens is 2. The van der Waals surface area contributed by atoms with E-state index in [1.807, 2.05) is 6.07 Å². The Morgan fingerprint density at radius 3 is 2.61 bits per heavy atom. The zero-order valence-corrected chi connectivity index (χ0v) is 18.3. The Hall–Kier alpha value is -3.83. The van der Waals surface area contributed by atoms with Crippen LogP contribution in [0.2, 0.25) is 0 Å². The highest BCUT2D eigenvalue weighted by Gasteiger charge is 2.24. The average Bonchev–Trinajstić information content (AvgIpc) is 3.24. The van der Waals surface area contributed by atoms with Crippen LogP contribution in [0.1, 0.15) is 54.1 Å². The molecule has 3 rings (SSSR count). The van der Waals surface area contributed by atoms with E-state index in [-0.39, 0.29) is 23.7 Å². The number of hydrogen-bond acceptors (Lipinski definition) is 7. The zero-order chi connectivity index (χ0) is 23.8. The summed E-state index contributed by atoms with van der Waals surface area (Å²) in [5.74, 6) is -3.24. The van der Waals surface area contributed by atoms with Crippen LogP contribution in [-0.4, -0.2) is 42.0 Å². The van der Waals surface area contributed by atoms with Crippen LogP contribution >= 0.6 is 0 Å². The molecule has 3 heterocycles. The first kappa shape index (κ1) is 23.8. The molecule has 0 atom stereocenters. The first-order chi connectivity index (χ1) is 15.7. The zero-order valence-electron chi connectivity index (χ0n) is 18.3. The Bertz CT molecular complexity index is 1100. The van der Waals surface area contributed by atoms with Crippen LogP contribution < -0.4 is 10.6 Å². The van der Waals surface area contributed by atoms with Crippen molar-refractivity contribution < 1.29 is 18.4 Å². The van der Waals surface area contributed by atoms with Crippen molar-refractivity contribution in [3.8, 4) is 0 Å². The van der Waals surface area contributed by atoms with E-state index >= 15 is 0 Å². The topological polar surface area (TPSA) is 128 Å². The minimum atomic E-state index is -2.98. The lowest BCUT2D eigenvalue weighted by Crippen LogP contribution is -2.24. The lowest BCUT2D eigenvalue weighted by molar-refractivity contribution is -0.114. The van der Waals surface area contributed by atoms with Crippen LogP contribution in [0.25, 0.3) is 0 Å². The van der Waals surface area contributed by atoms with E-state index in [1.54, 1.807) is 10.7 Å². The van der Waals surface area contributed by atoms with Gasteiger partial charge in [0, 0.05) is 32.2 Å². The van der Waals surface area contributed by atoms with Crippen LogP contribution in [0, 0.1) is 0 Å². The monoisotopic (exact) mass is 458 g/mol. The van der Waals surface area contributed by atoms with E-state index in [4.69, 9.17) is 0 Å². The smallest absolute Gasteiger partial charge is 0.273 e. The van der Waals surface area contributed by atoms with E-state index in [9.17, 15) is 18.4 Å². The van der Waals surface area contributed by atoms with Gasteiger partial charge in [0.25, 0.3) is 11.8 Å². The number of anilines is 1. The molecule has 174 valence electrons. The summed E-state index contributed by atoms with van der Waals surface area (Å²) in [6, 6.07) is 6.01. The number of carbonyl (C=O) groups is 2. The van der Waals surface area contributed by atoms with Crippen molar-refractivity contribution in [3.05, 3.63) is 59.3 Å². The summed E-state index contributed by atoms with van der Waals surface area (Å²) in [6.07, 6.45) is 5.12. The summed E-state index contributed by atoms with van der Waals surface area (Å²) < 4.78 is 28.4. The maximum Gasteiger partial charge on any atom is 0.273 e. The van der Waals surface area contributed by atoms with Crippen LogP contribution in [-0.2, 0) is 30.2 Å². The lowest BCUT2D eigenvalue weighted by Gasteiger charge is -2.11. The third kappa shape index (κ3) is 7.37. The molecule has 0 aliphatic carbocycles. The van der Waals surface area contributed by atoms with Crippen LogP contribution in [0.5, 0.6) is 0 Å². The lowest BCUT2D eigenvalue weighted by atomic mass is 10.1. The second-order valence-corrected chi connectivity index (χ2v) is 7.52. The Morgan fingerprint density at radius 2 is 1.91 bits per heavy atom. The number of pyridine rings is 1. The third-order valence-electron chi connectivity index (χ3n) is 4.62. The molecule has 3 aromatic heterocycles. The molecule has 0 spiro atoms. The average molecular weight is 458 g/mol. The van der Waals surface area contributed by atoms with E-state index < -0.39 is 11.8 Å². The van der Waals surface area contributed by atoms with Crippen molar-refractivity contribution in [3.63, 3.8) is 0 Å². The number of alkyl halides is 2. The van der Waals surface area contributed by atoms with Gasteiger partial charge >= 0.3 is 0 Å². The second kappa shape index (κ2) is 10.7. The number of unbranched alkanes of at least 4 members (excludes halogenated alkanes) is 1. The number of nitrogens with one attached hydrogen (secondary N) is 2. The number of rotatable bonds is 10. The fourth-order valence-electron chi connectivity index (χ4n) is 2.94. The summed E-state index contributed by atoms with van der Waals surface area (Å²) in [7, 11) is 0. The maximum absolute atomic E-state index is 13.4. The van der Waals surface area contributed by atoms with Crippen molar-refractivity contribution in [1.29, 1.82) is 0 Å². The number of carbonyl (C=O) groups excluding carboxylic acids is 2. The molecule has 0 aliphatic rings. The van der Waals surface area contributed by atoms with Crippen LogP contribution in [0.4, 0.5) is 14.6 Å². The van der Waals surface area contributed by atoms with Gasteiger partial charge in [0.15, 0.2) is 11.5 Å². The Morgan fingerprint density at radius 1 is 1.09 bits per heavy atom. The predicted molar refractivity (Wildman–Crippen MR) is 114 cm³/mol. The fourth-order valence-corrected chi connectivity index (χ4v) is 2.94. The highest BCUT2D eigenvalue weighted by atomic mass is 19.3. The van der Waals surface area contributed by atoms with Gasteiger partial charge in [-0.05, 0) is 43.5 Å². The van der Waals surface area contributed by atoms with Gasteiger partial charge in [-0.2, -0.15) is 5.10 Å². The summed E-state index contributed by atoms with van der Waals surface area (Å²) >= 11 is 0. The minimum absolute atomic E-state index is 0.00260. The normalized spacial score (nSPS) is 11.3. The molecule has 12 heteroatoms. The van der Waals surface area contributed by atoms with Crippen LogP contribution in [0.3, 0.4) is 0 Å². The van der Waals surface area contributed by atoms with E-state index in [0.29, 0.717) is 24.5 Å². The molecule has 10 nitrogen and oxygen atoms in total. The summed E-state index contributed by atoms with van der Waals surface area (Å²) in [6.45, 7) is 2.77. The number of amides is 2. The highest BCUT2D eigenvalue weighted by molar-refractivity contribution is 5.91. The summed E-state index contributed by atoms with van der Waals surface area (Å²) in [5.41, 5.74) is 1.10. The van der Waals surface area contributed by atoms with Gasteiger partial charge in [-0.15, -0.1) is 10.2 Å². The molecule has 2 N–H and O–H groups in total. The van der Waals surface area contributed by atoms with E-state index in [1.165, 1.54) is 31.5 Å². The Balaban J connectivity index is 1.42. The Labute approximate surface area is 188 Å². The largest absolute Gasteiger partial charge is 0.345 e. The van der Waals surface area contributed by atoms with Crippen molar-refractivity contribution in [1.82, 2.24) is 35.5 Å². The number of nitrogens with zero attached hydrogens (tertiary/aromatic N) is 6. The SMILES string of the molecule is CC(=O)Nc1ccc(CCCCn2cc(C(=O)NCc3cc(C(C)(F)F)ccn3)nn2)nn1. The van der Waals surface area contributed by atoms with Gasteiger partial charge in [-0.3, -0.25) is 19.3 Å². The third-order valence-corrected chi connectivity index (χ3v) is 4.62. The van der Waals surface area contributed by atoms with Gasteiger partial charge in [0.1, 0.15) is 0 Å². The molecule has 0 bridgehead atoms. The predicted octanol–water partition coefficient (Wildman–Crippen LogP) is 2.49. The van der Waals surface area contributed by atoms with Crippen LogP contribution in [0.15, 0.2) is 36.7 Å². The summed E-state index contributed by atoms with van der Waals surface area (Å²) in [5, 5.41) is 21.0. The van der Waals surface area contributed by atoms with Crippen molar-refractivity contribution in [2.75, 3.05) is 5.32 Å². The van der Waals surface area contributed by atoms with Gasteiger partial charge in [0.2, 0.25) is 5.91 Å². The van der Waals surface area contributed by atoms with Crippen molar-refractivity contribution >= 4 is 17.6 Å². The van der Waals surface area contributed by atoms with Gasteiger partial charge in [-0.1, -0.05) is 5.21 Å². The number of hydrogen-bond donors (Lipinski definition) is 2. The first-order valence-electron chi connectivity index (χ1n) is 10.3. The van der Waals surface area contributed by atoms with Gasteiger partial charge in [-0.25, -0.2) is 8.78 Å². The molecule has 33 heavy (non-hydrogen) atoms. The van der Waals surface area contributed by atoms with Crippen molar-refractivity contribution in [2.24, 2.45) is 0 Å². The number of aromatic nitrogens is 6. The van der Waals surface area contributed by atoms with Gasteiger partial charge < -0.3 is 10.6 Å². The Kier molecular flexibility index (Phi) is 7.70. The summed E-state index contributed by atoms with van der Waals surface area (Å²) in [4.78, 5) is 27.3. The molecular weight excluding hydrogens is 434 g/mol. The molecule has 0 unspecified atom stereocenters. The molecule has 2 amide bonds. The van der Waals surface area contributed by atoms with E-state index in [2.05, 4.69) is 36.1 Å². The molecular formula is C21H24F2N8O2. The first-order valence-corrected chi connectivity index (χ1v) is 10.3. The number of aryl methyl sites for hydroxylation is 2. The molecule has 0 aliphatic heterocycles. The van der Waals surface area contributed by atoms with Gasteiger partial charge in [0.05, 0.1) is 24.1 Å².